The van der Waals surface area contributed by atoms with E-state index in [0.717, 1.165) is 5.54 Å². The van der Waals surface area contributed by atoms with Gasteiger partial charge in [0, 0.05) is 10.2 Å². The molecule has 0 amide bonds. The highest BCUT2D eigenvalue weighted by atomic mass is 28.3. The van der Waals surface area contributed by atoms with Gasteiger partial charge in [-0.05, 0) is 49.4 Å². The van der Waals surface area contributed by atoms with Crippen molar-refractivity contribution in [3.05, 3.63) is 62.5 Å². The summed E-state index contributed by atoms with van der Waals surface area (Å²) in [4.78, 5) is 0. The lowest BCUT2D eigenvalue weighted by molar-refractivity contribution is 1.17. The van der Waals surface area contributed by atoms with E-state index in [-0.39, 0.29) is 0 Å². The average Bonchev–Trinajstić information content (AvgIpc) is 2.96. The molecule has 2 aliphatic carbocycles. The second kappa shape index (κ2) is 4.96. The molecule has 0 saturated carbocycles. The summed E-state index contributed by atoms with van der Waals surface area (Å²) in [6.45, 7) is 12.2. The minimum absolute atomic E-state index is 0.774. The van der Waals surface area contributed by atoms with E-state index in [1.807, 2.05) is 5.20 Å². The smallest absolute Gasteiger partial charge is 0.0715 e. The maximum Gasteiger partial charge on any atom is 0.104 e. The van der Waals surface area contributed by atoms with E-state index < -0.39 is 8.07 Å². The van der Waals surface area contributed by atoms with Crippen LogP contribution in [0.3, 0.4) is 0 Å². The molecule has 0 radical (unpaired) electrons. The number of fused-ring (bicyclic) bond motifs is 1. The normalized spacial score (nSPS) is 22.1. The van der Waals surface area contributed by atoms with Crippen molar-refractivity contribution in [1.29, 1.82) is 0 Å². The van der Waals surface area contributed by atoms with Gasteiger partial charge >= 0.3 is 0 Å². The molecule has 1 atom stereocenters. The van der Waals surface area contributed by atoms with Crippen LogP contribution in [0.4, 0.5) is 0 Å². The van der Waals surface area contributed by atoms with E-state index in [1.165, 1.54) is 27.8 Å². The zero-order valence-corrected chi connectivity index (χ0v) is 17.2. The van der Waals surface area contributed by atoms with Crippen molar-refractivity contribution in [2.45, 2.75) is 45.8 Å². The summed E-state index contributed by atoms with van der Waals surface area (Å²) in [5.74, 6) is 0. The Kier molecular flexibility index (Phi) is 3.49. The lowest BCUT2D eigenvalue weighted by Crippen LogP contribution is -2.35. The van der Waals surface area contributed by atoms with Crippen LogP contribution in [0.5, 0.6) is 0 Å². The van der Waals surface area contributed by atoms with Gasteiger partial charge in [0.2, 0.25) is 0 Å². The van der Waals surface area contributed by atoms with Crippen LogP contribution >= 0.6 is 0 Å². The number of hydrogen-bond donors (Lipinski definition) is 0. The van der Waals surface area contributed by atoms with E-state index in [2.05, 4.69) is 64.2 Å². The molecule has 0 N–H and O–H groups in total. The monoisotopic (exact) mass is 310 g/mol. The molecular formula is C19H26Si2. The summed E-state index contributed by atoms with van der Waals surface area (Å²) < 4.78 is 0. The molecule has 0 aliphatic heterocycles. The fourth-order valence-electron chi connectivity index (χ4n) is 4.23. The number of hydrogen-bond acceptors (Lipinski definition) is 0. The Morgan fingerprint density at radius 2 is 1.71 bits per heavy atom. The average molecular weight is 311 g/mol. The molecule has 0 spiro atoms. The molecule has 1 aromatic rings. The van der Waals surface area contributed by atoms with E-state index in [1.54, 1.807) is 21.9 Å². The van der Waals surface area contributed by atoms with Crippen molar-refractivity contribution in [1.82, 2.24) is 0 Å². The van der Waals surface area contributed by atoms with Gasteiger partial charge in [0.05, 0.1) is 0 Å². The van der Waals surface area contributed by atoms with Crippen molar-refractivity contribution in [2.75, 3.05) is 0 Å². The van der Waals surface area contributed by atoms with E-state index >= 15 is 0 Å². The number of rotatable bonds is 2. The van der Waals surface area contributed by atoms with Crippen LogP contribution in [0, 0.1) is 0 Å². The first kappa shape index (κ1) is 14.8. The molecule has 110 valence electrons. The van der Waals surface area contributed by atoms with Gasteiger partial charge in [0.1, 0.15) is 8.07 Å². The predicted molar refractivity (Wildman–Crippen MR) is 100 cm³/mol. The molecule has 1 aromatic carbocycles. The highest BCUT2D eigenvalue weighted by Crippen LogP contribution is 2.47. The molecule has 0 nitrogen and oxygen atoms in total. The van der Waals surface area contributed by atoms with Gasteiger partial charge in [0.25, 0.3) is 0 Å². The van der Waals surface area contributed by atoms with Crippen molar-refractivity contribution in [3.63, 3.8) is 0 Å². The van der Waals surface area contributed by atoms with Crippen molar-refractivity contribution in [3.8, 4) is 0 Å². The molecule has 0 fully saturated rings. The third kappa shape index (κ3) is 2.16. The van der Waals surface area contributed by atoms with E-state index in [4.69, 9.17) is 0 Å². The molecule has 21 heavy (non-hydrogen) atoms. The predicted octanol–water partition coefficient (Wildman–Crippen LogP) is 4.23. The van der Waals surface area contributed by atoms with Crippen LogP contribution < -0.4 is 0 Å². The minimum Gasteiger partial charge on any atom is -0.0715 e. The van der Waals surface area contributed by atoms with E-state index in [9.17, 15) is 0 Å². The van der Waals surface area contributed by atoms with Gasteiger partial charge < -0.3 is 0 Å². The van der Waals surface area contributed by atoms with Gasteiger partial charge in [0.15, 0.2) is 0 Å². The third-order valence-electron chi connectivity index (χ3n) is 5.88. The van der Waals surface area contributed by atoms with Crippen LogP contribution in [-0.4, -0.2) is 18.3 Å². The number of benzene rings is 1. The van der Waals surface area contributed by atoms with Crippen molar-refractivity contribution >= 4 is 24.4 Å². The quantitative estimate of drug-likeness (QED) is 0.717. The fourth-order valence-corrected chi connectivity index (χ4v) is 11.2. The zero-order chi connectivity index (χ0) is 15.4. The first-order chi connectivity index (χ1) is 9.84. The Morgan fingerprint density at radius 3 is 2.29 bits per heavy atom. The summed E-state index contributed by atoms with van der Waals surface area (Å²) in [6, 6.07) is 8.91. The molecule has 0 saturated heterocycles. The molecular weight excluding hydrogens is 284 g/mol. The van der Waals surface area contributed by atoms with Gasteiger partial charge in [-0.1, -0.05) is 65.0 Å². The summed E-state index contributed by atoms with van der Waals surface area (Å²) >= 11 is 0. The summed E-state index contributed by atoms with van der Waals surface area (Å²) in [7, 11) is -0.259. The minimum atomic E-state index is -1.51. The first-order valence-electron chi connectivity index (χ1n) is 8.02. The lowest BCUT2D eigenvalue weighted by atomic mass is 10.1. The molecule has 0 aromatic heterocycles. The third-order valence-corrected chi connectivity index (χ3v) is 12.0. The fraction of sp³-hybridized carbons (Fsp3) is 0.368. The second-order valence-corrected chi connectivity index (χ2v) is 12.8. The molecule has 0 bridgehead atoms. The zero-order valence-electron chi connectivity index (χ0n) is 14.2. The Bertz CT molecular complexity index is 702. The van der Waals surface area contributed by atoms with Gasteiger partial charge in [-0.15, -0.1) is 0 Å². The van der Waals surface area contributed by atoms with Crippen LogP contribution in [0.15, 0.2) is 51.4 Å². The van der Waals surface area contributed by atoms with E-state index in [0.29, 0.717) is 0 Å². The van der Waals surface area contributed by atoms with Crippen LogP contribution in [0.25, 0.3) is 6.08 Å². The molecule has 1 unspecified atom stereocenters. The Hall–Kier alpha value is -1.13. The highest BCUT2D eigenvalue weighted by molar-refractivity contribution is 6.92. The van der Waals surface area contributed by atoms with Crippen LogP contribution in [-0.2, 0) is 6.42 Å². The van der Waals surface area contributed by atoms with Crippen molar-refractivity contribution in [2.24, 2.45) is 0 Å². The molecule has 3 rings (SSSR count). The molecule has 2 heteroatoms. The van der Waals surface area contributed by atoms with Gasteiger partial charge in [-0.3, -0.25) is 0 Å². The van der Waals surface area contributed by atoms with Gasteiger partial charge in [-0.25, -0.2) is 0 Å². The standard InChI is InChI=1S/C19H26Si2/c1-12-13(2)18(20)19(14(12)3)21(4,5)17-10-15-8-6-7-9-16(15)11-17/h6-10,18H,11H2,1-5,20H3. The SMILES string of the molecule is CC1=C(C)C([SiH3])C([Si](C)(C)C2=Cc3ccccc3C2)=C1C. The van der Waals surface area contributed by atoms with Crippen molar-refractivity contribution < 1.29 is 0 Å². The topological polar surface area (TPSA) is 0 Å². The number of allylic oxidation sites excluding steroid dienone is 5. The maximum atomic E-state index is 2.57. The highest BCUT2D eigenvalue weighted by Gasteiger charge is 2.39. The first-order valence-corrected chi connectivity index (χ1v) is 12.2. The van der Waals surface area contributed by atoms with Gasteiger partial charge in [-0.2, -0.15) is 0 Å². The molecule has 2 aliphatic rings. The maximum absolute atomic E-state index is 2.57. The second-order valence-electron chi connectivity index (χ2n) is 7.24. The Morgan fingerprint density at radius 1 is 1.05 bits per heavy atom. The van der Waals surface area contributed by atoms with Crippen LogP contribution in [0.2, 0.25) is 18.6 Å². The lowest BCUT2D eigenvalue weighted by Gasteiger charge is -2.31. The summed E-state index contributed by atoms with van der Waals surface area (Å²) in [6.07, 6.45) is 3.68. The largest absolute Gasteiger partial charge is 0.104 e. The Labute approximate surface area is 133 Å². The van der Waals surface area contributed by atoms with Crippen LogP contribution in [0.1, 0.15) is 31.9 Å². The molecule has 0 heterocycles. The summed E-state index contributed by atoms with van der Waals surface area (Å²) in [5.41, 5.74) is 8.58. The Balaban J connectivity index is 2.01. The summed E-state index contributed by atoms with van der Waals surface area (Å²) in [5, 5.41) is 3.55.